The Labute approximate surface area is 88.3 Å². The van der Waals surface area contributed by atoms with Crippen molar-refractivity contribution in [1.29, 1.82) is 0 Å². The summed E-state index contributed by atoms with van der Waals surface area (Å²) in [6.07, 6.45) is 10.5. The van der Waals surface area contributed by atoms with Crippen LogP contribution in [0.25, 0.3) is 5.65 Å². The third-order valence-electron chi connectivity index (χ3n) is 2.06. The minimum atomic E-state index is 0.794. The van der Waals surface area contributed by atoms with Gasteiger partial charge in [-0.1, -0.05) is 0 Å². The number of hydrogen-bond donors (Lipinski definition) is 1. The predicted octanol–water partition coefficient (Wildman–Crippen LogP) is 1.55. The Balaban J connectivity index is 1.99. The fraction of sp³-hybridized carbons (Fsp3) is 0.273. The monoisotopic (exact) mass is 200 g/mol. The number of rotatable bonds is 4. The zero-order valence-corrected chi connectivity index (χ0v) is 8.35. The first-order chi connectivity index (χ1) is 7.40. The second kappa shape index (κ2) is 4.47. The van der Waals surface area contributed by atoms with Crippen LogP contribution in [-0.4, -0.2) is 21.1 Å². The van der Waals surface area contributed by atoms with Crippen molar-refractivity contribution in [2.75, 3.05) is 11.9 Å². The number of hydrogen-bond acceptors (Lipinski definition) is 3. The largest absolute Gasteiger partial charge is 0.370 e. The normalized spacial score (nSPS) is 10.1. The van der Waals surface area contributed by atoms with Gasteiger partial charge in [-0.2, -0.15) is 5.10 Å². The molecule has 0 amide bonds. The Morgan fingerprint density at radius 3 is 3.27 bits per heavy atom. The molecule has 0 fully saturated rings. The first-order valence-electron chi connectivity index (χ1n) is 4.88. The van der Waals surface area contributed by atoms with Gasteiger partial charge in [0.1, 0.15) is 5.82 Å². The Morgan fingerprint density at radius 2 is 2.40 bits per heavy atom. The SMILES string of the molecule is C#CCCCNc1ccn2nccc2n1. The van der Waals surface area contributed by atoms with Gasteiger partial charge in [0.2, 0.25) is 0 Å². The highest BCUT2D eigenvalue weighted by Crippen LogP contribution is 2.05. The maximum atomic E-state index is 5.16. The highest BCUT2D eigenvalue weighted by molar-refractivity contribution is 5.45. The van der Waals surface area contributed by atoms with Crippen LogP contribution in [0.4, 0.5) is 5.82 Å². The lowest BCUT2D eigenvalue weighted by atomic mass is 10.3. The Kier molecular flexibility index (Phi) is 2.84. The first kappa shape index (κ1) is 9.53. The van der Waals surface area contributed by atoms with Crippen molar-refractivity contribution >= 4 is 11.5 Å². The maximum absolute atomic E-state index is 5.16. The minimum absolute atomic E-state index is 0.794. The average molecular weight is 200 g/mol. The third kappa shape index (κ3) is 2.26. The molecule has 1 N–H and O–H groups in total. The molecule has 0 aliphatic heterocycles. The van der Waals surface area contributed by atoms with E-state index >= 15 is 0 Å². The average Bonchev–Trinajstić information content (AvgIpc) is 2.71. The number of nitrogens with zero attached hydrogens (tertiary/aromatic N) is 3. The fourth-order valence-corrected chi connectivity index (χ4v) is 1.32. The van der Waals surface area contributed by atoms with E-state index in [0.717, 1.165) is 30.9 Å². The second-order valence-electron chi connectivity index (χ2n) is 3.18. The summed E-state index contributed by atoms with van der Waals surface area (Å²) in [5.41, 5.74) is 0.844. The van der Waals surface area contributed by atoms with Crippen LogP contribution in [0.5, 0.6) is 0 Å². The molecule has 4 nitrogen and oxygen atoms in total. The lowest BCUT2D eigenvalue weighted by molar-refractivity contribution is 0.893. The van der Waals surface area contributed by atoms with Gasteiger partial charge in [-0.25, -0.2) is 9.50 Å². The molecule has 0 radical (unpaired) electrons. The summed E-state index contributed by atoms with van der Waals surface area (Å²) < 4.78 is 1.73. The third-order valence-corrected chi connectivity index (χ3v) is 2.06. The maximum Gasteiger partial charge on any atom is 0.157 e. The number of terminal acetylenes is 1. The van der Waals surface area contributed by atoms with Crippen LogP contribution >= 0.6 is 0 Å². The van der Waals surface area contributed by atoms with Crippen LogP contribution in [0.1, 0.15) is 12.8 Å². The zero-order valence-electron chi connectivity index (χ0n) is 8.35. The summed E-state index contributed by atoms with van der Waals surface area (Å²) in [5, 5.41) is 7.28. The van der Waals surface area contributed by atoms with Gasteiger partial charge in [-0.15, -0.1) is 12.3 Å². The van der Waals surface area contributed by atoms with E-state index in [1.807, 2.05) is 18.3 Å². The lowest BCUT2D eigenvalue weighted by Crippen LogP contribution is -2.03. The molecule has 0 aromatic carbocycles. The molecule has 0 aliphatic rings. The molecule has 0 spiro atoms. The molecular weight excluding hydrogens is 188 g/mol. The molecule has 0 saturated heterocycles. The van der Waals surface area contributed by atoms with E-state index in [9.17, 15) is 0 Å². The van der Waals surface area contributed by atoms with Crippen LogP contribution in [0.15, 0.2) is 24.5 Å². The van der Waals surface area contributed by atoms with Gasteiger partial charge >= 0.3 is 0 Å². The van der Waals surface area contributed by atoms with Crippen LogP contribution < -0.4 is 5.32 Å². The molecule has 0 bridgehead atoms. The topological polar surface area (TPSA) is 42.2 Å². The quantitative estimate of drug-likeness (QED) is 0.601. The number of fused-ring (bicyclic) bond motifs is 1. The molecule has 76 valence electrons. The number of anilines is 1. The Hall–Kier alpha value is -2.02. The molecule has 15 heavy (non-hydrogen) atoms. The highest BCUT2D eigenvalue weighted by Gasteiger charge is 1.96. The summed E-state index contributed by atoms with van der Waals surface area (Å²) in [6.45, 7) is 0.849. The molecule has 2 heterocycles. The summed E-state index contributed by atoms with van der Waals surface area (Å²) in [7, 11) is 0. The van der Waals surface area contributed by atoms with E-state index in [1.54, 1.807) is 10.7 Å². The van der Waals surface area contributed by atoms with Crippen molar-refractivity contribution < 1.29 is 0 Å². The van der Waals surface area contributed by atoms with E-state index in [2.05, 4.69) is 21.3 Å². The number of aromatic nitrogens is 3. The highest BCUT2D eigenvalue weighted by atomic mass is 15.2. The predicted molar refractivity (Wildman–Crippen MR) is 59.5 cm³/mol. The molecule has 0 atom stereocenters. The van der Waals surface area contributed by atoms with Crippen LogP contribution in [0.3, 0.4) is 0 Å². The van der Waals surface area contributed by atoms with E-state index in [0.29, 0.717) is 0 Å². The summed E-state index contributed by atoms with van der Waals surface area (Å²) in [4.78, 5) is 4.37. The summed E-state index contributed by atoms with van der Waals surface area (Å²) in [5.74, 6) is 3.47. The molecule has 2 aromatic rings. The molecular formula is C11H12N4. The van der Waals surface area contributed by atoms with Crippen LogP contribution in [0.2, 0.25) is 0 Å². The van der Waals surface area contributed by atoms with Gasteiger partial charge in [0.15, 0.2) is 5.65 Å². The summed E-state index contributed by atoms with van der Waals surface area (Å²) in [6, 6.07) is 3.77. The van der Waals surface area contributed by atoms with Gasteiger partial charge in [0, 0.05) is 25.2 Å². The standard InChI is InChI=1S/C11H12N4/c1-2-3-4-7-12-10-6-9-15-11(14-10)5-8-13-15/h1,5-6,8-9H,3-4,7H2,(H,12,14). The van der Waals surface area contributed by atoms with Crippen molar-refractivity contribution in [3.05, 3.63) is 24.5 Å². The smallest absolute Gasteiger partial charge is 0.157 e. The van der Waals surface area contributed by atoms with Crippen molar-refractivity contribution in [2.24, 2.45) is 0 Å². The van der Waals surface area contributed by atoms with Crippen molar-refractivity contribution in [3.8, 4) is 12.3 Å². The zero-order chi connectivity index (χ0) is 10.5. The summed E-state index contributed by atoms with van der Waals surface area (Å²) >= 11 is 0. The molecule has 2 aromatic heterocycles. The molecule has 0 unspecified atom stereocenters. The molecule has 0 saturated carbocycles. The van der Waals surface area contributed by atoms with Gasteiger partial charge in [0.05, 0.1) is 6.20 Å². The van der Waals surface area contributed by atoms with Crippen molar-refractivity contribution in [2.45, 2.75) is 12.8 Å². The molecule has 4 heteroatoms. The van der Waals surface area contributed by atoms with Crippen molar-refractivity contribution in [3.63, 3.8) is 0 Å². The molecule has 2 rings (SSSR count). The minimum Gasteiger partial charge on any atom is -0.370 e. The van der Waals surface area contributed by atoms with Gasteiger partial charge < -0.3 is 5.32 Å². The Bertz CT molecular complexity index is 481. The van der Waals surface area contributed by atoms with Gasteiger partial charge in [-0.3, -0.25) is 0 Å². The first-order valence-corrected chi connectivity index (χ1v) is 4.88. The molecule has 0 aliphatic carbocycles. The van der Waals surface area contributed by atoms with E-state index in [-0.39, 0.29) is 0 Å². The lowest BCUT2D eigenvalue weighted by Gasteiger charge is -2.03. The van der Waals surface area contributed by atoms with E-state index < -0.39 is 0 Å². The van der Waals surface area contributed by atoms with Gasteiger partial charge in [-0.05, 0) is 12.5 Å². The van der Waals surface area contributed by atoms with Gasteiger partial charge in [0.25, 0.3) is 0 Å². The number of nitrogens with one attached hydrogen (secondary N) is 1. The fourth-order valence-electron chi connectivity index (χ4n) is 1.32. The van der Waals surface area contributed by atoms with E-state index in [1.165, 1.54) is 0 Å². The van der Waals surface area contributed by atoms with Crippen LogP contribution in [-0.2, 0) is 0 Å². The second-order valence-corrected chi connectivity index (χ2v) is 3.18. The Morgan fingerprint density at radius 1 is 1.47 bits per heavy atom. The van der Waals surface area contributed by atoms with E-state index in [4.69, 9.17) is 6.42 Å². The van der Waals surface area contributed by atoms with Crippen molar-refractivity contribution in [1.82, 2.24) is 14.6 Å². The van der Waals surface area contributed by atoms with Crippen LogP contribution in [0, 0.1) is 12.3 Å². The number of unbranched alkanes of at least 4 members (excludes halogenated alkanes) is 1.